The molecule has 2 heterocycles. The predicted octanol–water partition coefficient (Wildman–Crippen LogP) is 4.92. The van der Waals surface area contributed by atoms with E-state index in [2.05, 4.69) is 55.4 Å². The SMILES string of the molecule is CC(C)[Si]1(C(C)C)OCC2C(O[Si](C(C)C)(C(C)C)O1)C(O)CN2C(=O)OC(C)(C)C. The lowest BCUT2D eigenvalue weighted by molar-refractivity contribution is -0.0153. The second-order valence-electron chi connectivity index (χ2n) is 11.3. The van der Waals surface area contributed by atoms with Crippen molar-refractivity contribution in [2.24, 2.45) is 0 Å². The molecule has 0 aromatic rings. The van der Waals surface area contributed by atoms with Crippen molar-refractivity contribution in [2.75, 3.05) is 13.2 Å². The second kappa shape index (κ2) is 9.42. The fourth-order valence-electron chi connectivity index (χ4n) is 4.89. The van der Waals surface area contributed by atoms with Crippen LogP contribution < -0.4 is 0 Å². The largest absolute Gasteiger partial charge is 0.444 e. The monoisotopic (exact) mass is 475 g/mol. The topological polar surface area (TPSA) is 77.5 Å². The highest BCUT2D eigenvalue weighted by atomic mass is 28.5. The Labute approximate surface area is 191 Å². The van der Waals surface area contributed by atoms with Gasteiger partial charge in [-0.15, -0.1) is 0 Å². The minimum atomic E-state index is -2.82. The quantitative estimate of drug-likeness (QED) is 0.581. The van der Waals surface area contributed by atoms with Crippen LogP contribution in [-0.4, -0.2) is 70.2 Å². The van der Waals surface area contributed by atoms with Crippen molar-refractivity contribution in [3.63, 3.8) is 0 Å². The molecule has 0 saturated carbocycles. The molecule has 2 aliphatic heterocycles. The Bertz CT molecular complexity index is 618. The normalized spacial score (nSPS) is 28.8. The van der Waals surface area contributed by atoms with Crippen LogP contribution in [0.1, 0.15) is 76.2 Å². The minimum Gasteiger partial charge on any atom is -0.444 e. The summed E-state index contributed by atoms with van der Waals surface area (Å²) in [6.45, 7) is 23.3. The molecule has 2 rings (SSSR count). The van der Waals surface area contributed by atoms with Crippen LogP contribution in [0, 0.1) is 0 Å². The van der Waals surface area contributed by atoms with Gasteiger partial charge in [-0.05, 0) is 42.9 Å². The smallest absolute Gasteiger partial charge is 0.410 e. The van der Waals surface area contributed by atoms with Crippen molar-refractivity contribution in [3.05, 3.63) is 0 Å². The highest BCUT2D eigenvalue weighted by Gasteiger charge is 2.61. The van der Waals surface area contributed by atoms with Gasteiger partial charge in [-0.3, -0.25) is 4.90 Å². The summed E-state index contributed by atoms with van der Waals surface area (Å²) in [5.41, 5.74) is 0.163. The molecule has 0 aliphatic carbocycles. The summed E-state index contributed by atoms with van der Waals surface area (Å²) in [6, 6.07) is -0.400. The number of β-amino-alcohol motifs (C(OH)–C–C–N with tert-alkyl or cyclic N) is 1. The number of carbonyl (C=O) groups excluding carboxylic acids is 1. The maximum atomic E-state index is 13.0. The summed E-state index contributed by atoms with van der Waals surface area (Å²) < 4.78 is 26.4. The second-order valence-corrected chi connectivity index (χ2v) is 20.2. The molecule has 2 aliphatic rings. The molecule has 0 aromatic carbocycles. The Balaban J connectivity index is 2.54. The van der Waals surface area contributed by atoms with Crippen LogP contribution in [-0.2, 0) is 17.7 Å². The van der Waals surface area contributed by atoms with Gasteiger partial charge in [0.1, 0.15) is 5.60 Å². The van der Waals surface area contributed by atoms with Crippen molar-refractivity contribution >= 4 is 23.2 Å². The summed E-state index contributed by atoms with van der Waals surface area (Å²) in [5, 5.41) is 11.0. The first-order chi connectivity index (χ1) is 14.1. The summed E-state index contributed by atoms with van der Waals surface area (Å²) in [5.74, 6) is 0. The zero-order valence-corrected chi connectivity index (χ0v) is 23.4. The van der Waals surface area contributed by atoms with Crippen molar-refractivity contribution in [2.45, 2.75) is 122 Å². The van der Waals surface area contributed by atoms with Crippen LogP contribution in [0.2, 0.25) is 22.2 Å². The minimum absolute atomic E-state index is 0.169. The van der Waals surface area contributed by atoms with Crippen molar-refractivity contribution in [1.82, 2.24) is 4.90 Å². The van der Waals surface area contributed by atoms with E-state index in [0.29, 0.717) is 0 Å². The first-order valence-electron chi connectivity index (χ1n) is 11.8. The van der Waals surface area contributed by atoms with Crippen LogP contribution in [0.5, 0.6) is 0 Å². The molecule has 3 unspecified atom stereocenters. The third-order valence-corrected chi connectivity index (χ3v) is 16.8. The third kappa shape index (κ3) is 5.22. The average Bonchev–Trinajstić information content (AvgIpc) is 2.87. The Kier molecular flexibility index (Phi) is 8.14. The van der Waals surface area contributed by atoms with Crippen molar-refractivity contribution < 1.29 is 27.6 Å². The van der Waals surface area contributed by atoms with Gasteiger partial charge in [-0.2, -0.15) is 0 Å². The van der Waals surface area contributed by atoms with E-state index in [1.54, 1.807) is 4.90 Å². The van der Waals surface area contributed by atoms with E-state index in [1.165, 1.54) is 0 Å². The Hall–Kier alpha value is -0.456. The predicted molar refractivity (Wildman–Crippen MR) is 127 cm³/mol. The van der Waals surface area contributed by atoms with Crippen molar-refractivity contribution in [3.8, 4) is 0 Å². The molecule has 7 nitrogen and oxygen atoms in total. The number of rotatable bonds is 4. The van der Waals surface area contributed by atoms with Gasteiger partial charge in [0.2, 0.25) is 0 Å². The number of hydrogen-bond donors (Lipinski definition) is 1. The number of ether oxygens (including phenoxy) is 1. The van der Waals surface area contributed by atoms with Gasteiger partial charge in [0, 0.05) is 0 Å². The molecule has 1 amide bonds. The van der Waals surface area contributed by atoms with Gasteiger partial charge in [0.25, 0.3) is 0 Å². The van der Waals surface area contributed by atoms with E-state index in [4.69, 9.17) is 17.7 Å². The van der Waals surface area contributed by atoms with Gasteiger partial charge in [-0.25, -0.2) is 4.79 Å². The highest BCUT2D eigenvalue weighted by Crippen LogP contribution is 2.47. The zero-order valence-electron chi connectivity index (χ0n) is 21.4. The summed E-state index contributed by atoms with van der Waals surface area (Å²) >= 11 is 0. The molecular weight excluding hydrogens is 430 g/mol. The van der Waals surface area contributed by atoms with E-state index in [-0.39, 0.29) is 35.3 Å². The molecule has 9 heteroatoms. The number of fused-ring (bicyclic) bond motifs is 1. The van der Waals surface area contributed by atoms with Crippen LogP contribution >= 0.6 is 0 Å². The molecule has 3 atom stereocenters. The molecule has 2 saturated heterocycles. The fraction of sp³-hybridized carbons (Fsp3) is 0.955. The average molecular weight is 476 g/mol. The lowest BCUT2D eigenvalue weighted by Gasteiger charge is -2.52. The number of hydrogen-bond acceptors (Lipinski definition) is 6. The summed E-state index contributed by atoms with van der Waals surface area (Å²) in [4.78, 5) is 14.6. The van der Waals surface area contributed by atoms with Crippen LogP contribution in [0.3, 0.4) is 0 Å². The fourth-order valence-corrected chi connectivity index (χ4v) is 16.1. The Morgan fingerprint density at radius 2 is 1.45 bits per heavy atom. The van der Waals surface area contributed by atoms with Crippen molar-refractivity contribution in [1.29, 1.82) is 0 Å². The third-order valence-electron chi connectivity index (χ3n) is 6.51. The number of amides is 1. The first kappa shape index (κ1) is 26.8. The van der Waals surface area contributed by atoms with Crippen LogP contribution in [0.25, 0.3) is 0 Å². The molecular formula is C22H45NO6Si2. The summed E-state index contributed by atoms with van der Waals surface area (Å²) in [7, 11) is -5.52. The summed E-state index contributed by atoms with van der Waals surface area (Å²) in [6.07, 6.45) is -1.79. The first-order valence-corrected chi connectivity index (χ1v) is 15.7. The zero-order chi connectivity index (χ0) is 23.9. The number of likely N-dealkylation sites (tertiary alicyclic amines) is 1. The van der Waals surface area contributed by atoms with E-state index < -0.39 is 47.1 Å². The van der Waals surface area contributed by atoms with Gasteiger partial charge >= 0.3 is 23.2 Å². The highest BCUT2D eigenvalue weighted by molar-refractivity contribution is 6.84. The maximum absolute atomic E-state index is 13.0. The number of aliphatic hydroxyl groups is 1. The maximum Gasteiger partial charge on any atom is 0.410 e. The molecule has 0 aromatic heterocycles. The molecule has 0 spiro atoms. The van der Waals surface area contributed by atoms with Gasteiger partial charge in [-0.1, -0.05) is 55.4 Å². The molecule has 1 N–H and O–H groups in total. The number of carbonyl (C=O) groups is 1. The van der Waals surface area contributed by atoms with Gasteiger partial charge in [0.05, 0.1) is 31.4 Å². The van der Waals surface area contributed by atoms with Gasteiger partial charge < -0.3 is 22.8 Å². The van der Waals surface area contributed by atoms with Crippen LogP contribution in [0.4, 0.5) is 4.79 Å². The Morgan fingerprint density at radius 1 is 0.968 bits per heavy atom. The molecule has 0 radical (unpaired) electrons. The van der Waals surface area contributed by atoms with Crippen LogP contribution in [0.15, 0.2) is 0 Å². The lowest BCUT2D eigenvalue weighted by atomic mass is 10.1. The van der Waals surface area contributed by atoms with Gasteiger partial charge in [0.15, 0.2) is 0 Å². The molecule has 0 bridgehead atoms. The molecule has 2 fully saturated rings. The number of aliphatic hydroxyl groups excluding tert-OH is 1. The van der Waals surface area contributed by atoms with E-state index >= 15 is 0 Å². The Morgan fingerprint density at radius 3 is 1.87 bits per heavy atom. The molecule has 31 heavy (non-hydrogen) atoms. The number of nitrogens with zero attached hydrogens (tertiary/aromatic N) is 1. The molecule has 182 valence electrons. The lowest BCUT2D eigenvalue weighted by Crippen LogP contribution is -2.66. The van der Waals surface area contributed by atoms with E-state index in [9.17, 15) is 9.90 Å². The standard InChI is InChI=1S/C22H45NO6Si2/c1-14(2)30(15(3)4)26-13-18-20(28-31(29-30,16(5)6)17(7)8)19(24)12-23(18)21(25)27-22(9,10)11/h14-20,24H,12-13H2,1-11H3. The van der Waals surface area contributed by atoms with E-state index in [1.807, 2.05) is 20.8 Å². The van der Waals surface area contributed by atoms with E-state index in [0.717, 1.165) is 0 Å².